The molecular weight excluding hydrogens is 290 g/mol. The number of methoxy groups -OCH3 is 1. The Kier molecular flexibility index (Phi) is 3.62. The van der Waals surface area contributed by atoms with Crippen LogP contribution in [0.25, 0.3) is 10.9 Å². The van der Waals surface area contributed by atoms with Gasteiger partial charge in [-0.2, -0.15) is 0 Å². The Labute approximate surface area is 136 Å². The Bertz CT molecular complexity index is 734. The number of hydrogen-bond acceptors (Lipinski definition) is 5. The number of benzene rings is 1. The molecule has 0 radical (unpaired) electrons. The molecule has 5 heteroatoms. The standard InChI is InChI=1S/C18H23N3O2/c1-12-8-13-9-14(22-3)4-5-15(13)19-18(12)21-10-16-17(11-21)23-7-6-20(16)2/h4-5,8-9,16-17H,6-7,10-11H2,1-3H3/t16-,17+/m1/s1. The van der Waals surface area contributed by atoms with Crippen molar-refractivity contribution in [3.63, 3.8) is 0 Å². The van der Waals surface area contributed by atoms with Gasteiger partial charge in [0.15, 0.2) is 0 Å². The van der Waals surface area contributed by atoms with Gasteiger partial charge in [0.2, 0.25) is 0 Å². The summed E-state index contributed by atoms with van der Waals surface area (Å²) < 4.78 is 11.3. The smallest absolute Gasteiger partial charge is 0.132 e. The van der Waals surface area contributed by atoms with Crippen molar-refractivity contribution in [1.82, 2.24) is 9.88 Å². The molecule has 5 nitrogen and oxygen atoms in total. The summed E-state index contributed by atoms with van der Waals surface area (Å²) in [6.07, 6.45) is 0.293. The van der Waals surface area contributed by atoms with Crippen LogP contribution >= 0.6 is 0 Å². The summed E-state index contributed by atoms with van der Waals surface area (Å²) in [6.45, 7) is 5.88. The number of nitrogens with zero attached hydrogens (tertiary/aromatic N) is 3. The normalized spacial score (nSPS) is 24.9. The fourth-order valence-electron chi connectivity index (χ4n) is 3.73. The number of rotatable bonds is 2. The maximum Gasteiger partial charge on any atom is 0.132 e. The van der Waals surface area contributed by atoms with Crippen LogP contribution in [0, 0.1) is 6.92 Å². The van der Waals surface area contributed by atoms with Gasteiger partial charge in [-0.25, -0.2) is 4.98 Å². The first-order chi connectivity index (χ1) is 11.2. The zero-order valence-electron chi connectivity index (χ0n) is 14.0. The molecule has 0 unspecified atom stereocenters. The van der Waals surface area contributed by atoms with Gasteiger partial charge in [-0.1, -0.05) is 0 Å². The molecule has 23 heavy (non-hydrogen) atoms. The van der Waals surface area contributed by atoms with E-state index in [9.17, 15) is 0 Å². The van der Waals surface area contributed by atoms with E-state index in [0.29, 0.717) is 12.1 Å². The summed E-state index contributed by atoms with van der Waals surface area (Å²) >= 11 is 0. The molecule has 0 aliphatic carbocycles. The third kappa shape index (κ3) is 2.54. The van der Waals surface area contributed by atoms with E-state index in [1.807, 2.05) is 18.2 Å². The Morgan fingerprint density at radius 3 is 2.91 bits per heavy atom. The monoisotopic (exact) mass is 313 g/mol. The molecule has 2 atom stereocenters. The number of ether oxygens (including phenoxy) is 2. The zero-order valence-corrected chi connectivity index (χ0v) is 14.0. The van der Waals surface area contributed by atoms with Gasteiger partial charge in [0.1, 0.15) is 11.6 Å². The minimum absolute atomic E-state index is 0.293. The molecule has 0 spiro atoms. The minimum Gasteiger partial charge on any atom is -0.497 e. The molecule has 0 N–H and O–H groups in total. The average molecular weight is 313 g/mol. The van der Waals surface area contributed by atoms with Crippen LogP contribution in [-0.4, -0.2) is 62.4 Å². The van der Waals surface area contributed by atoms with Gasteiger partial charge in [0.25, 0.3) is 0 Å². The van der Waals surface area contributed by atoms with Gasteiger partial charge in [0, 0.05) is 25.0 Å². The van der Waals surface area contributed by atoms with E-state index < -0.39 is 0 Å². The lowest BCUT2D eigenvalue weighted by molar-refractivity contribution is -0.0362. The van der Waals surface area contributed by atoms with Crippen molar-refractivity contribution in [2.24, 2.45) is 0 Å². The van der Waals surface area contributed by atoms with E-state index in [-0.39, 0.29) is 0 Å². The van der Waals surface area contributed by atoms with Crippen molar-refractivity contribution in [3.05, 3.63) is 29.8 Å². The van der Waals surface area contributed by atoms with E-state index >= 15 is 0 Å². The minimum atomic E-state index is 0.293. The second-order valence-corrected chi connectivity index (χ2v) is 6.55. The molecule has 122 valence electrons. The van der Waals surface area contributed by atoms with Crippen molar-refractivity contribution < 1.29 is 9.47 Å². The van der Waals surface area contributed by atoms with Crippen molar-refractivity contribution in [2.45, 2.75) is 19.1 Å². The van der Waals surface area contributed by atoms with Crippen molar-refractivity contribution >= 4 is 16.7 Å². The molecule has 3 heterocycles. The predicted molar refractivity (Wildman–Crippen MR) is 91.4 cm³/mol. The molecular formula is C18H23N3O2. The third-order valence-electron chi connectivity index (χ3n) is 5.06. The van der Waals surface area contributed by atoms with Gasteiger partial charge >= 0.3 is 0 Å². The van der Waals surface area contributed by atoms with Gasteiger partial charge < -0.3 is 14.4 Å². The molecule has 0 amide bonds. The van der Waals surface area contributed by atoms with Crippen molar-refractivity contribution in [3.8, 4) is 5.75 Å². The fraction of sp³-hybridized carbons (Fsp3) is 0.500. The summed E-state index contributed by atoms with van der Waals surface area (Å²) in [5.41, 5.74) is 2.21. The van der Waals surface area contributed by atoms with E-state index in [1.165, 1.54) is 5.56 Å². The van der Waals surface area contributed by atoms with Crippen LogP contribution in [0.5, 0.6) is 5.75 Å². The van der Waals surface area contributed by atoms with Gasteiger partial charge in [0.05, 0.1) is 31.4 Å². The number of likely N-dealkylation sites (N-methyl/N-ethyl adjacent to an activating group) is 1. The highest BCUT2D eigenvalue weighted by atomic mass is 16.5. The lowest BCUT2D eigenvalue weighted by Gasteiger charge is -2.33. The Morgan fingerprint density at radius 1 is 1.26 bits per heavy atom. The number of anilines is 1. The second kappa shape index (κ2) is 5.65. The predicted octanol–water partition coefficient (Wildman–Crippen LogP) is 2.07. The summed E-state index contributed by atoms with van der Waals surface area (Å²) in [5, 5.41) is 1.12. The topological polar surface area (TPSA) is 37.8 Å². The molecule has 0 bridgehead atoms. The van der Waals surface area contributed by atoms with Crippen LogP contribution in [0.2, 0.25) is 0 Å². The maximum absolute atomic E-state index is 5.95. The zero-order chi connectivity index (χ0) is 16.0. The molecule has 4 rings (SSSR count). The number of fused-ring (bicyclic) bond motifs is 2. The molecule has 1 aromatic carbocycles. The van der Waals surface area contributed by atoms with E-state index in [1.54, 1.807) is 7.11 Å². The number of morpholine rings is 1. The van der Waals surface area contributed by atoms with Gasteiger partial charge in [-0.15, -0.1) is 0 Å². The Morgan fingerprint density at radius 2 is 2.13 bits per heavy atom. The molecule has 0 saturated carbocycles. The number of pyridine rings is 1. The number of aryl methyl sites for hydroxylation is 1. The van der Waals surface area contributed by atoms with E-state index in [4.69, 9.17) is 14.5 Å². The molecule has 2 fully saturated rings. The molecule has 2 aromatic rings. The maximum atomic E-state index is 5.95. The first-order valence-electron chi connectivity index (χ1n) is 8.18. The molecule has 2 aliphatic heterocycles. The Hall–Kier alpha value is -1.85. The summed E-state index contributed by atoms with van der Waals surface area (Å²) in [7, 11) is 3.88. The van der Waals surface area contributed by atoms with Crippen LogP contribution in [-0.2, 0) is 4.74 Å². The highest BCUT2D eigenvalue weighted by Crippen LogP contribution is 2.30. The van der Waals surface area contributed by atoms with Crippen molar-refractivity contribution in [2.75, 3.05) is 45.3 Å². The molecule has 1 aromatic heterocycles. The van der Waals surface area contributed by atoms with E-state index in [2.05, 4.69) is 29.8 Å². The summed E-state index contributed by atoms with van der Waals surface area (Å²) in [6, 6.07) is 8.71. The number of hydrogen-bond donors (Lipinski definition) is 0. The quantitative estimate of drug-likeness (QED) is 0.848. The molecule has 2 aliphatic rings. The van der Waals surface area contributed by atoms with Crippen LogP contribution in [0.3, 0.4) is 0 Å². The summed E-state index contributed by atoms with van der Waals surface area (Å²) in [4.78, 5) is 9.69. The van der Waals surface area contributed by atoms with Crippen LogP contribution in [0.15, 0.2) is 24.3 Å². The lowest BCUT2D eigenvalue weighted by Crippen LogP contribution is -2.48. The number of aromatic nitrogens is 1. The van der Waals surface area contributed by atoms with Crippen LogP contribution in [0.4, 0.5) is 5.82 Å². The van der Waals surface area contributed by atoms with E-state index in [0.717, 1.165) is 48.7 Å². The SMILES string of the molecule is COc1ccc2nc(N3C[C@@H]4OCCN(C)[C@@H]4C3)c(C)cc2c1. The van der Waals surface area contributed by atoms with Crippen LogP contribution in [0.1, 0.15) is 5.56 Å². The largest absolute Gasteiger partial charge is 0.497 e. The van der Waals surface area contributed by atoms with Gasteiger partial charge in [-0.3, -0.25) is 4.90 Å². The van der Waals surface area contributed by atoms with Crippen molar-refractivity contribution in [1.29, 1.82) is 0 Å². The van der Waals surface area contributed by atoms with Crippen LogP contribution < -0.4 is 9.64 Å². The van der Waals surface area contributed by atoms with Gasteiger partial charge in [-0.05, 0) is 43.8 Å². The average Bonchev–Trinajstić information content (AvgIpc) is 2.99. The molecule has 2 saturated heterocycles. The third-order valence-corrected chi connectivity index (χ3v) is 5.06. The summed E-state index contributed by atoms with van der Waals surface area (Å²) in [5.74, 6) is 1.95. The highest BCUT2D eigenvalue weighted by Gasteiger charge is 2.39. The Balaban J connectivity index is 1.68. The first-order valence-corrected chi connectivity index (χ1v) is 8.18. The fourth-order valence-corrected chi connectivity index (χ4v) is 3.73. The first kappa shape index (κ1) is 14.7. The second-order valence-electron chi connectivity index (χ2n) is 6.55. The highest BCUT2D eigenvalue weighted by molar-refractivity contribution is 5.83. The lowest BCUT2D eigenvalue weighted by atomic mass is 10.1.